The van der Waals surface area contributed by atoms with E-state index < -0.39 is 5.82 Å². The molecule has 0 bridgehead atoms. The Balaban J connectivity index is 1.42. The van der Waals surface area contributed by atoms with Crippen LogP contribution in [0, 0.1) is 5.82 Å². The van der Waals surface area contributed by atoms with Crippen LogP contribution in [0.5, 0.6) is 11.5 Å². The number of nitrogens with zero attached hydrogens (tertiary/aromatic N) is 4. The Bertz CT molecular complexity index is 1060. The normalized spacial score (nSPS) is 21.0. The molecular formula is C23H25FN4O3. The standard InChI is InChI=1S/C23H25FN4O3/c1-30-22-16(10-15-6-7-20(25-12-15)28-9-3-8-26-28)11-17-13-27(14-31-23(17)21(22)24)18-4-2-5-19(18)29/h3,6-9,11-12,18-19,29H,2,4-5,10,13-14H2,1H3. The van der Waals surface area contributed by atoms with Crippen molar-refractivity contribution in [2.45, 2.75) is 44.4 Å². The molecule has 0 amide bonds. The predicted molar refractivity (Wildman–Crippen MR) is 112 cm³/mol. The monoisotopic (exact) mass is 424 g/mol. The smallest absolute Gasteiger partial charge is 0.207 e. The van der Waals surface area contributed by atoms with Crippen molar-refractivity contribution in [3.63, 3.8) is 0 Å². The molecule has 1 aliphatic carbocycles. The number of halogens is 1. The lowest BCUT2D eigenvalue weighted by Gasteiger charge is -2.35. The maximum atomic E-state index is 15.2. The van der Waals surface area contributed by atoms with Crippen LogP contribution in [-0.2, 0) is 13.0 Å². The number of methoxy groups -OCH3 is 1. The molecule has 2 aromatic heterocycles. The first-order valence-corrected chi connectivity index (χ1v) is 10.5. The van der Waals surface area contributed by atoms with Crippen LogP contribution in [0.4, 0.5) is 4.39 Å². The summed E-state index contributed by atoms with van der Waals surface area (Å²) in [6.07, 6.45) is 8.16. The Hall–Kier alpha value is -2.97. The van der Waals surface area contributed by atoms with E-state index >= 15 is 4.39 Å². The van der Waals surface area contributed by atoms with Crippen molar-refractivity contribution in [1.82, 2.24) is 19.7 Å². The van der Waals surface area contributed by atoms with Crippen molar-refractivity contribution < 1.29 is 19.0 Å². The lowest BCUT2D eigenvalue weighted by atomic mass is 10.00. The van der Waals surface area contributed by atoms with Gasteiger partial charge < -0.3 is 14.6 Å². The summed E-state index contributed by atoms with van der Waals surface area (Å²) < 4.78 is 28.1. The van der Waals surface area contributed by atoms with Gasteiger partial charge in [0.1, 0.15) is 6.73 Å². The number of benzene rings is 1. The van der Waals surface area contributed by atoms with Crippen LogP contribution in [0.25, 0.3) is 5.82 Å². The number of pyridine rings is 1. The SMILES string of the molecule is COc1c(Cc2ccc(-n3cccn3)nc2)cc2c(c1F)OCN(C1CCCC1O)C2. The number of aliphatic hydroxyl groups excluding tert-OH is 1. The predicted octanol–water partition coefficient (Wildman–Crippen LogP) is 3.07. The van der Waals surface area contributed by atoms with Crippen LogP contribution in [-0.4, -0.2) is 50.8 Å². The van der Waals surface area contributed by atoms with E-state index in [9.17, 15) is 5.11 Å². The van der Waals surface area contributed by atoms with Gasteiger partial charge in [-0.2, -0.15) is 9.49 Å². The first kappa shape index (κ1) is 20.0. The van der Waals surface area contributed by atoms with E-state index in [4.69, 9.17) is 9.47 Å². The fourth-order valence-corrected chi connectivity index (χ4v) is 4.60. The fourth-order valence-electron chi connectivity index (χ4n) is 4.60. The molecule has 2 unspecified atom stereocenters. The zero-order valence-electron chi connectivity index (χ0n) is 17.4. The van der Waals surface area contributed by atoms with Gasteiger partial charge in [-0.05, 0) is 43.0 Å². The van der Waals surface area contributed by atoms with E-state index in [0.717, 1.165) is 41.8 Å². The lowest BCUT2D eigenvalue weighted by molar-refractivity contribution is 0.00358. The molecule has 2 aliphatic rings. The van der Waals surface area contributed by atoms with E-state index in [-0.39, 0.29) is 30.4 Å². The van der Waals surface area contributed by atoms with Crippen molar-refractivity contribution >= 4 is 0 Å². The van der Waals surface area contributed by atoms with Crippen LogP contribution >= 0.6 is 0 Å². The third-order valence-corrected chi connectivity index (χ3v) is 6.14. The minimum Gasteiger partial charge on any atom is -0.493 e. The molecule has 0 spiro atoms. The van der Waals surface area contributed by atoms with Gasteiger partial charge in [-0.1, -0.05) is 6.07 Å². The summed E-state index contributed by atoms with van der Waals surface area (Å²) in [7, 11) is 1.47. The zero-order chi connectivity index (χ0) is 21.4. The highest BCUT2D eigenvalue weighted by molar-refractivity contribution is 5.50. The molecule has 0 saturated heterocycles. The van der Waals surface area contributed by atoms with Gasteiger partial charge in [0.2, 0.25) is 5.82 Å². The number of aliphatic hydroxyl groups is 1. The van der Waals surface area contributed by atoms with E-state index in [1.54, 1.807) is 17.1 Å². The molecule has 3 heterocycles. The Kier molecular flexibility index (Phi) is 5.33. The number of hydrogen-bond donors (Lipinski definition) is 1. The summed E-state index contributed by atoms with van der Waals surface area (Å²) in [6, 6.07) is 7.69. The van der Waals surface area contributed by atoms with Gasteiger partial charge in [0.15, 0.2) is 17.3 Å². The maximum Gasteiger partial charge on any atom is 0.207 e. The summed E-state index contributed by atoms with van der Waals surface area (Å²) >= 11 is 0. The zero-order valence-corrected chi connectivity index (χ0v) is 17.4. The van der Waals surface area contributed by atoms with Crippen molar-refractivity contribution in [3.8, 4) is 17.3 Å². The molecule has 162 valence electrons. The molecule has 8 heteroatoms. The molecular weight excluding hydrogens is 399 g/mol. The number of ether oxygens (including phenoxy) is 2. The molecule has 1 saturated carbocycles. The highest BCUT2D eigenvalue weighted by Gasteiger charge is 2.35. The molecule has 5 rings (SSSR count). The van der Waals surface area contributed by atoms with Crippen molar-refractivity contribution in [2.24, 2.45) is 0 Å². The van der Waals surface area contributed by atoms with Gasteiger partial charge in [0.05, 0.1) is 13.2 Å². The average molecular weight is 424 g/mol. The second kappa shape index (κ2) is 8.28. The van der Waals surface area contributed by atoms with E-state index in [1.807, 2.05) is 30.5 Å². The van der Waals surface area contributed by atoms with Crippen molar-refractivity contribution in [1.29, 1.82) is 0 Å². The first-order chi connectivity index (χ1) is 15.1. The molecule has 1 aliphatic heterocycles. The third kappa shape index (κ3) is 3.77. The number of hydrogen-bond acceptors (Lipinski definition) is 6. The Morgan fingerprint density at radius 2 is 2.23 bits per heavy atom. The number of fused-ring (bicyclic) bond motifs is 1. The van der Waals surface area contributed by atoms with E-state index in [1.165, 1.54) is 7.11 Å². The highest BCUT2D eigenvalue weighted by Crippen LogP contribution is 2.39. The molecule has 1 fully saturated rings. The summed E-state index contributed by atoms with van der Waals surface area (Å²) in [5.41, 5.74) is 2.46. The Morgan fingerprint density at radius 1 is 1.32 bits per heavy atom. The summed E-state index contributed by atoms with van der Waals surface area (Å²) in [5.74, 6) is 0.694. The molecule has 0 radical (unpaired) electrons. The highest BCUT2D eigenvalue weighted by atomic mass is 19.1. The molecule has 3 aromatic rings. The maximum absolute atomic E-state index is 15.2. The third-order valence-electron chi connectivity index (χ3n) is 6.14. The van der Waals surface area contributed by atoms with Gasteiger partial charge >= 0.3 is 0 Å². The van der Waals surface area contributed by atoms with Crippen LogP contribution in [0.15, 0.2) is 42.9 Å². The molecule has 2 atom stereocenters. The quantitative estimate of drug-likeness (QED) is 0.679. The van der Waals surface area contributed by atoms with Gasteiger partial charge in [-0.15, -0.1) is 0 Å². The van der Waals surface area contributed by atoms with Crippen molar-refractivity contribution in [3.05, 3.63) is 65.4 Å². The summed E-state index contributed by atoms with van der Waals surface area (Å²) in [6.45, 7) is 0.814. The van der Waals surface area contributed by atoms with Crippen LogP contribution in [0.2, 0.25) is 0 Å². The first-order valence-electron chi connectivity index (χ1n) is 10.5. The average Bonchev–Trinajstić information content (AvgIpc) is 3.46. The minimum atomic E-state index is -0.470. The largest absolute Gasteiger partial charge is 0.493 e. The van der Waals surface area contributed by atoms with Gasteiger partial charge in [0.25, 0.3) is 0 Å². The lowest BCUT2D eigenvalue weighted by Crippen LogP contribution is -2.44. The van der Waals surface area contributed by atoms with Gasteiger partial charge in [0, 0.05) is 48.7 Å². The summed E-state index contributed by atoms with van der Waals surface area (Å²) in [5, 5.41) is 14.4. The Labute approximate surface area is 180 Å². The summed E-state index contributed by atoms with van der Waals surface area (Å²) in [4.78, 5) is 6.55. The number of rotatable bonds is 5. The van der Waals surface area contributed by atoms with Gasteiger partial charge in [-0.3, -0.25) is 4.90 Å². The van der Waals surface area contributed by atoms with E-state index in [2.05, 4.69) is 15.0 Å². The number of aromatic nitrogens is 3. The molecule has 1 aromatic carbocycles. The second-order valence-corrected chi connectivity index (χ2v) is 8.11. The topological polar surface area (TPSA) is 72.6 Å². The second-order valence-electron chi connectivity index (χ2n) is 8.11. The van der Waals surface area contributed by atoms with Crippen LogP contribution in [0.3, 0.4) is 0 Å². The Morgan fingerprint density at radius 3 is 2.90 bits per heavy atom. The molecule has 1 N–H and O–H groups in total. The molecule has 31 heavy (non-hydrogen) atoms. The molecule has 7 nitrogen and oxygen atoms in total. The van der Waals surface area contributed by atoms with E-state index in [0.29, 0.717) is 13.0 Å². The van der Waals surface area contributed by atoms with Crippen LogP contribution in [0.1, 0.15) is 36.0 Å². The van der Waals surface area contributed by atoms with Gasteiger partial charge in [-0.25, -0.2) is 9.67 Å². The fraction of sp³-hybridized carbons (Fsp3) is 0.391. The van der Waals surface area contributed by atoms with Crippen LogP contribution < -0.4 is 9.47 Å². The minimum absolute atomic E-state index is 0.0563. The van der Waals surface area contributed by atoms with Crippen molar-refractivity contribution in [2.75, 3.05) is 13.8 Å².